The van der Waals surface area contributed by atoms with Gasteiger partial charge in [0.2, 0.25) is 5.91 Å². The number of halogens is 3. The Morgan fingerprint density at radius 1 is 1.15 bits per heavy atom. The van der Waals surface area contributed by atoms with Crippen molar-refractivity contribution in [1.82, 2.24) is 10.3 Å². The zero-order valence-electron chi connectivity index (χ0n) is 19.0. The van der Waals surface area contributed by atoms with Crippen LogP contribution in [0.3, 0.4) is 0 Å². The zero-order chi connectivity index (χ0) is 24.3. The van der Waals surface area contributed by atoms with Gasteiger partial charge in [-0.05, 0) is 58.5 Å². The number of carbonyl (C=O) groups is 1. The highest BCUT2D eigenvalue weighted by Crippen LogP contribution is 2.55. The molecule has 2 unspecified atom stereocenters. The summed E-state index contributed by atoms with van der Waals surface area (Å²) >= 11 is 0. The molecule has 0 fully saturated rings. The van der Waals surface area contributed by atoms with Crippen molar-refractivity contribution >= 4 is 22.5 Å². The average molecular weight is 476 g/mol. The number of pyridine rings is 1. The molecule has 1 aromatic heterocycles. The van der Waals surface area contributed by atoms with Gasteiger partial charge in [0.05, 0.1) is 17.0 Å². The molecule has 0 spiro atoms. The lowest BCUT2D eigenvalue weighted by atomic mass is 10.0. The zero-order valence-corrected chi connectivity index (χ0v) is 19.9. The molecule has 1 aromatic carbocycles. The van der Waals surface area contributed by atoms with E-state index in [1.807, 2.05) is 31.4 Å². The summed E-state index contributed by atoms with van der Waals surface area (Å²) in [4.78, 5) is 16.7. The summed E-state index contributed by atoms with van der Waals surface area (Å²) in [6.07, 6.45) is 1.05. The van der Waals surface area contributed by atoms with E-state index in [1.54, 1.807) is 31.2 Å². The number of amides is 1. The molecule has 1 aliphatic heterocycles. The van der Waals surface area contributed by atoms with Crippen LogP contribution in [0.15, 0.2) is 63.9 Å². The lowest BCUT2D eigenvalue weighted by Crippen LogP contribution is -2.32. The average Bonchev–Trinajstić information content (AvgIpc) is 3.22. The standard InChI is InChI=1S/C25H28F3N3OS/c1-15(2)23-6-5-11-33(23)24-8-7-18(13-20(24)25(26,27)28)19-9-10-30-22(14-19)21(29)12-16(3)31-17(4)32/h5-11,13-16,29,33H,12H2,1-4H3,(H,31,32). The van der Waals surface area contributed by atoms with Crippen molar-refractivity contribution in [3.63, 3.8) is 0 Å². The second kappa shape index (κ2) is 9.95. The third-order valence-electron chi connectivity index (χ3n) is 5.30. The quantitative estimate of drug-likeness (QED) is 0.317. The van der Waals surface area contributed by atoms with Crippen molar-refractivity contribution in [2.45, 2.75) is 51.2 Å². The minimum atomic E-state index is -4.48. The van der Waals surface area contributed by atoms with Crippen molar-refractivity contribution < 1.29 is 18.0 Å². The molecule has 0 bridgehead atoms. The second-order valence-electron chi connectivity index (χ2n) is 8.40. The predicted octanol–water partition coefficient (Wildman–Crippen LogP) is 6.48. The molecule has 176 valence electrons. The van der Waals surface area contributed by atoms with Gasteiger partial charge in [0.25, 0.3) is 0 Å². The molecule has 0 saturated heterocycles. The first kappa shape index (κ1) is 24.8. The number of thiol groups is 1. The monoisotopic (exact) mass is 475 g/mol. The molecule has 1 amide bonds. The third kappa shape index (κ3) is 5.93. The maximum Gasteiger partial charge on any atom is 0.417 e. The molecule has 0 aliphatic carbocycles. The Morgan fingerprint density at radius 2 is 1.85 bits per heavy atom. The Hall–Kier alpha value is -2.87. The molecule has 4 nitrogen and oxygen atoms in total. The molecule has 2 atom stereocenters. The minimum absolute atomic E-state index is 0.167. The van der Waals surface area contributed by atoms with Crippen molar-refractivity contribution in [2.75, 3.05) is 0 Å². The van der Waals surface area contributed by atoms with Gasteiger partial charge in [-0.3, -0.25) is 9.78 Å². The molecular formula is C25H28F3N3OS. The van der Waals surface area contributed by atoms with E-state index in [2.05, 4.69) is 10.3 Å². The maximum absolute atomic E-state index is 14.1. The van der Waals surface area contributed by atoms with E-state index in [0.717, 1.165) is 4.91 Å². The lowest BCUT2D eigenvalue weighted by Gasteiger charge is -2.25. The summed E-state index contributed by atoms with van der Waals surface area (Å²) in [6.45, 7) is 7.18. The Labute approximate surface area is 194 Å². The summed E-state index contributed by atoms with van der Waals surface area (Å²) in [5.41, 5.74) is 0.929. The summed E-state index contributed by atoms with van der Waals surface area (Å²) in [7, 11) is -1.16. The molecule has 33 heavy (non-hydrogen) atoms. The fourth-order valence-electron chi connectivity index (χ4n) is 3.82. The minimum Gasteiger partial charge on any atom is -0.354 e. The maximum atomic E-state index is 14.1. The van der Waals surface area contributed by atoms with Gasteiger partial charge < -0.3 is 10.7 Å². The third-order valence-corrected chi connectivity index (χ3v) is 7.90. The molecule has 1 aliphatic rings. The number of hydrogen-bond acceptors (Lipinski definition) is 3. The number of benzene rings is 1. The number of rotatable bonds is 7. The van der Waals surface area contributed by atoms with E-state index in [-0.39, 0.29) is 30.0 Å². The van der Waals surface area contributed by atoms with Crippen molar-refractivity contribution in [2.24, 2.45) is 5.92 Å². The topological polar surface area (TPSA) is 65.8 Å². The Morgan fingerprint density at radius 3 is 2.48 bits per heavy atom. The molecular weight excluding hydrogens is 447 g/mol. The van der Waals surface area contributed by atoms with Gasteiger partial charge in [0, 0.05) is 30.5 Å². The van der Waals surface area contributed by atoms with Crippen LogP contribution >= 0.6 is 10.9 Å². The Bertz CT molecular complexity index is 1120. The molecule has 8 heteroatoms. The summed E-state index contributed by atoms with van der Waals surface area (Å²) in [5.74, 6) is -0.0217. The first-order chi connectivity index (χ1) is 15.5. The van der Waals surface area contributed by atoms with Crippen LogP contribution in [-0.2, 0) is 11.0 Å². The number of nitrogens with one attached hydrogen (secondary N) is 2. The lowest BCUT2D eigenvalue weighted by molar-refractivity contribution is -0.139. The van der Waals surface area contributed by atoms with Crippen LogP contribution in [0.5, 0.6) is 0 Å². The largest absolute Gasteiger partial charge is 0.417 e. The van der Waals surface area contributed by atoms with E-state index in [1.165, 1.54) is 19.2 Å². The van der Waals surface area contributed by atoms with E-state index in [4.69, 9.17) is 5.41 Å². The van der Waals surface area contributed by atoms with Gasteiger partial charge in [0.15, 0.2) is 0 Å². The molecule has 0 radical (unpaired) electrons. The van der Waals surface area contributed by atoms with Crippen LogP contribution < -0.4 is 5.32 Å². The summed E-state index contributed by atoms with van der Waals surface area (Å²) in [5, 5.41) is 12.9. The Balaban J connectivity index is 1.95. The SMILES string of the molecule is CC(=O)NC(C)CC(=N)c1cc(-c2ccc([SH]3C=CC=C3C(C)C)c(C(F)(F)F)c2)ccn1. The highest BCUT2D eigenvalue weighted by Gasteiger charge is 2.36. The van der Waals surface area contributed by atoms with Crippen LogP contribution in [0.1, 0.15) is 45.4 Å². The highest BCUT2D eigenvalue weighted by atomic mass is 32.2. The van der Waals surface area contributed by atoms with Crippen molar-refractivity contribution in [1.29, 1.82) is 5.41 Å². The van der Waals surface area contributed by atoms with Crippen LogP contribution in [0.2, 0.25) is 0 Å². The van der Waals surface area contributed by atoms with E-state index in [9.17, 15) is 18.0 Å². The number of aromatic nitrogens is 1. The molecule has 2 aromatic rings. The summed E-state index contributed by atoms with van der Waals surface area (Å²) < 4.78 is 42.2. The van der Waals surface area contributed by atoms with Crippen LogP contribution in [0.25, 0.3) is 11.1 Å². The smallest absolute Gasteiger partial charge is 0.354 e. The fraction of sp³-hybridized carbons (Fsp3) is 0.320. The number of hydrogen-bond donors (Lipinski definition) is 3. The fourth-order valence-corrected chi connectivity index (χ4v) is 6.18. The number of allylic oxidation sites excluding steroid dienone is 3. The van der Waals surface area contributed by atoms with Gasteiger partial charge in [-0.1, -0.05) is 32.1 Å². The first-order valence-corrected chi connectivity index (χ1v) is 12.1. The second-order valence-corrected chi connectivity index (χ2v) is 10.4. The number of carbonyl (C=O) groups excluding carboxylic acids is 1. The van der Waals surface area contributed by atoms with E-state index < -0.39 is 22.6 Å². The highest BCUT2D eigenvalue weighted by molar-refractivity contribution is 8.23. The predicted molar refractivity (Wildman–Crippen MR) is 129 cm³/mol. The summed E-state index contributed by atoms with van der Waals surface area (Å²) in [6, 6.07) is 7.51. The van der Waals surface area contributed by atoms with Crippen LogP contribution in [0.4, 0.5) is 13.2 Å². The number of nitrogens with zero attached hydrogens (tertiary/aromatic N) is 1. The molecule has 2 N–H and O–H groups in total. The van der Waals surface area contributed by atoms with Gasteiger partial charge in [0.1, 0.15) is 0 Å². The molecule has 2 heterocycles. The van der Waals surface area contributed by atoms with Crippen molar-refractivity contribution in [3.05, 3.63) is 70.3 Å². The van der Waals surface area contributed by atoms with E-state index in [0.29, 0.717) is 21.7 Å². The Kier molecular flexibility index (Phi) is 7.47. The normalized spacial score (nSPS) is 17.7. The first-order valence-electron chi connectivity index (χ1n) is 10.7. The van der Waals surface area contributed by atoms with E-state index >= 15 is 0 Å². The van der Waals surface area contributed by atoms with Gasteiger partial charge >= 0.3 is 6.18 Å². The molecule has 3 rings (SSSR count). The van der Waals surface area contributed by atoms with Gasteiger partial charge in [-0.2, -0.15) is 24.1 Å². The van der Waals surface area contributed by atoms with Crippen LogP contribution in [0, 0.1) is 11.3 Å². The number of alkyl halides is 3. The van der Waals surface area contributed by atoms with Crippen molar-refractivity contribution in [3.8, 4) is 11.1 Å². The van der Waals surface area contributed by atoms with Gasteiger partial charge in [-0.15, -0.1) is 0 Å². The van der Waals surface area contributed by atoms with Gasteiger partial charge in [-0.25, -0.2) is 0 Å². The molecule has 0 saturated carbocycles. The van der Waals surface area contributed by atoms with Crippen LogP contribution in [-0.4, -0.2) is 22.6 Å².